The summed E-state index contributed by atoms with van der Waals surface area (Å²) < 4.78 is 10.8. The molecular formula is C21H24N2O3. The van der Waals surface area contributed by atoms with Gasteiger partial charge in [0.2, 0.25) is 0 Å². The normalized spacial score (nSPS) is 11.0. The molecule has 0 bridgehead atoms. The Morgan fingerprint density at radius 1 is 1.19 bits per heavy atom. The number of ether oxygens (including phenoxy) is 2. The van der Waals surface area contributed by atoms with E-state index >= 15 is 0 Å². The number of nitrogens with two attached hydrogens (primary N) is 2. The van der Waals surface area contributed by atoms with E-state index in [0.29, 0.717) is 34.9 Å². The molecule has 2 rings (SSSR count). The Morgan fingerprint density at radius 2 is 1.92 bits per heavy atom. The molecule has 0 heterocycles. The highest BCUT2D eigenvalue weighted by Gasteiger charge is 2.12. The smallest absolute Gasteiger partial charge is 0.334 e. The second-order valence-corrected chi connectivity index (χ2v) is 5.79. The fourth-order valence-electron chi connectivity index (χ4n) is 2.35. The van der Waals surface area contributed by atoms with Crippen molar-refractivity contribution in [2.24, 2.45) is 5.73 Å². The predicted molar refractivity (Wildman–Crippen MR) is 104 cm³/mol. The highest BCUT2D eigenvalue weighted by Crippen LogP contribution is 2.24. The summed E-state index contributed by atoms with van der Waals surface area (Å²) in [7, 11) is 0. The molecule has 0 saturated carbocycles. The minimum atomic E-state index is -0.428. The van der Waals surface area contributed by atoms with Crippen molar-refractivity contribution >= 4 is 17.7 Å². The van der Waals surface area contributed by atoms with Crippen LogP contribution < -0.4 is 16.2 Å². The lowest BCUT2D eigenvalue weighted by Gasteiger charge is -2.10. The minimum Gasteiger partial charge on any atom is -0.489 e. The summed E-state index contributed by atoms with van der Waals surface area (Å²) in [6, 6.07) is 15.2. The number of esters is 1. The summed E-state index contributed by atoms with van der Waals surface area (Å²) in [5.41, 5.74) is 14.8. The highest BCUT2D eigenvalue weighted by molar-refractivity contribution is 5.95. The van der Waals surface area contributed by atoms with Crippen molar-refractivity contribution in [2.75, 3.05) is 12.3 Å². The Morgan fingerprint density at radius 3 is 2.54 bits per heavy atom. The van der Waals surface area contributed by atoms with Crippen LogP contribution in [0.2, 0.25) is 0 Å². The molecule has 0 aliphatic rings. The maximum absolute atomic E-state index is 12.1. The van der Waals surface area contributed by atoms with E-state index in [9.17, 15) is 4.79 Å². The van der Waals surface area contributed by atoms with Crippen molar-refractivity contribution in [1.29, 1.82) is 0 Å². The molecule has 2 aromatic carbocycles. The maximum atomic E-state index is 12.1. The Balaban J connectivity index is 2.15. The van der Waals surface area contributed by atoms with Crippen LogP contribution in [0.4, 0.5) is 5.69 Å². The number of allylic oxidation sites excluding steroid dienone is 1. The van der Waals surface area contributed by atoms with E-state index in [0.717, 1.165) is 5.56 Å². The van der Waals surface area contributed by atoms with Gasteiger partial charge in [0, 0.05) is 29.4 Å². The molecule has 26 heavy (non-hydrogen) atoms. The zero-order valence-electron chi connectivity index (χ0n) is 14.9. The van der Waals surface area contributed by atoms with E-state index in [-0.39, 0.29) is 13.0 Å². The van der Waals surface area contributed by atoms with Crippen LogP contribution >= 0.6 is 0 Å². The summed E-state index contributed by atoms with van der Waals surface area (Å²) in [4.78, 5) is 12.1. The van der Waals surface area contributed by atoms with Crippen molar-refractivity contribution in [3.8, 4) is 5.75 Å². The number of rotatable bonds is 8. The van der Waals surface area contributed by atoms with Crippen molar-refractivity contribution < 1.29 is 14.3 Å². The monoisotopic (exact) mass is 352 g/mol. The second-order valence-electron chi connectivity index (χ2n) is 5.79. The molecular weight excluding hydrogens is 328 g/mol. The van der Waals surface area contributed by atoms with Gasteiger partial charge in [-0.2, -0.15) is 0 Å². The SMILES string of the molecule is C=C(N)C/C(=C\c1ccc(OCc2ccccc2)cc1N)C(=O)OCC. The number of benzene rings is 2. The van der Waals surface area contributed by atoms with Gasteiger partial charge in [0.1, 0.15) is 12.4 Å². The molecule has 136 valence electrons. The largest absolute Gasteiger partial charge is 0.489 e. The van der Waals surface area contributed by atoms with E-state index in [1.54, 1.807) is 25.1 Å². The van der Waals surface area contributed by atoms with Gasteiger partial charge < -0.3 is 20.9 Å². The van der Waals surface area contributed by atoms with Gasteiger partial charge in [-0.3, -0.25) is 0 Å². The van der Waals surface area contributed by atoms with Crippen LogP contribution in [-0.2, 0) is 16.1 Å². The minimum absolute atomic E-state index is 0.227. The number of carbonyl (C=O) groups excluding carboxylic acids is 1. The maximum Gasteiger partial charge on any atom is 0.334 e. The topological polar surface area (TPSA) is 87.6 Å². The van der Waals surface area contributed by atoms with Crippen molar-refractivity contribution in [2.45, 2.75) is 20.0 Å². The molecule has 4 N–H and O–H groups in total. The summed E-state index contributed by atoms with van der Waals surface area (Å²) in [6.07, 6.45) is 1.90. The average Bonchev–Trinajstić information content (AvgIpc) is 2.62. The summed E-state index contributed by atoms with van der Waals surface area (Å²) >= 11 is 0. The van der Waals surface area contributed by atoms with Gasteiger partial charge in [0.15, 0.2) is 0 Å². The van der Waals surface area contributed by atoms with E-state index < -0.39 is 5.97 Å². The van der Waals surface area contributed by atoms with Gasteiger partial charge in [0.25, 0.3) is 0 Å². The van der Waals surface area contributed by atoms with Crippen molar-refractivity contribution in [3.05, 3.63) is 77.5 Å². The van der Waals surface area contributed by atoms with Crippen molar-refractivity contribution in [1.82, 2.24) is 0 Å². The van der Waals surface area contributed by atoms with Crippen LogP contribution in [0.3, 0.4) is 0 Å². The lowest BCUT2D eigenvalue weighted by Crippen LogP contribution is -2.10. The van der Waals surface area contributed by atoms with Gasteiger partial charge in [-0.15, -0.1) is 0 Å². The lowest BCUT2D eigenvalue weighted by molar-refractivity contribution is -0.138. The fraction of sp³-hybridized carbons (Fsp3) is 0.190. The van der Waals surface area contributed by atoms with Gasteiger partial charge in [-0.1, -0.05) is 36.9 Å². The van der Waals surface area contributed by atoms with E-state index in [2.05, 4.69) is 6.58 Å². The molecule has 0 spiro atoms. The molecule has 5 heteroatoms. The second kappa shape index (κ2) is 9.32. The Kier molecular flexibility index (Phi) is 6.85. The van der Waals surface area contributed by atoms with Gasteiger partial charge >= 0.3 is 5.97 Å². The Bertz CT molecular complexity index is 798. The summed E-state index contributed by atoms with van der Waals surface area (Å²) in [6.45, 7) is 6.14. The molecule has 0 radical (unpaired) electrons. The van der Waals surface area contributed by atoms with Gasteiger partial charge in [-0.25, -0.2) is 4.79 Å². The summed E-state index contributed by atoms with van der Waals surface area (Å²) in [5.74, 6) is 0.229. The standard InChI is InChI=1S/C21H24N2O3/c1-3-25-21(24)18(11-15(2)22)12-17-9-10-19(13-20(17)23)26-14-16-7-5-4-6-8-16/h4-10,12-13H,2-3,11,14,22-23H2,1H3/b18-12+. The first kappa shape index (κ1) is 19.1. The molecule has 0 aromatic heterocycles. The molecule has 0 amide bonds. The van der Waals surface area contributed by atoms with Crippen LogP contribution in [0, 0.1) is 0 Å². The predicted octanol–water partition coefficient (Wildman–Crippen LogP) is 3.66. The number of hydrogen-bond donors (Lipinski definition) is 2. The zero-order valence-corrected chi connectivity index (χ0v) is 14.9. The molecule has 5 nitrogen and oxygen atoms in total. The number of anilines is 1. The molecule has 0 fully saturated rings. The zero-order chi connectivity index (χ0) is 18.9. The van der Waals surface area contributed by atoms with Crippen molar-refractivity contribution in [3.63, 3.8) is 0 Å². The third-order valence-corrected chi connectivity index (χ3v) is 3.59. The molecule has 0 saturated heterocycles. The first-order valence-electron chi connectivity index (χ1n) is 8.36. The van der Waals surface area contributed by atoms with Gasteiger partial charge in [0.05, 0.1) is 6.61 Å². The lowest BCUT2D eigenvalue weighted by atomic mass is 10.1. The Hall–Kier alpha value is -3.21. The van der Waals surface area contributed by atoms with E-state index in [4.69, 9.17) is 20.9 Å². The molecule has 2 aromatic rings. The molecule has 0 aliphatic heterocycles. The number of carbonyl (C=O) groups is 1. The highest BCUT2D eigenvalue weighted by atomic mass is 16.5. The van der Waals surface area contributed by atoms with Crippen LogP contribution in [0.15, 0.2) is 66.4 Å². The quantitative estimate of drug-likeness (QED) is 0.430. The van der Waals surface area contributed by atoms with Crippen LogP contribution in [-0.4, -0.2) is 12.6 Å². The fourth-order valence-corrected chi connectivity index (χ4v) is 2.35. The Labute approximate surface area is 153 Å². The van der Waals surface area contributed by atoms with Crippen LogP contribution in [0.25, 0.3) is 6.08 Å². The van der Waals surface area contributed by atoms with E-state index in [1.165, 1.54) is 0 Å². The number of hydrogen-bond acceptors (Lipinski definition) is 5. The first-order chi connectivity index (χ1) is 12.5. The molecule has 0 aliphatic carbocycles. The summed E-state index contributed by atoms with van der Waals surface area (Å²) in [5, 5.41) is 0. The first-order valence-corrected chi connectivity index (χ1v) is 8.36. The van der Waals surface area contributed by atoms with Gasteiger partial charge in [-0.05, 0) is 36.3 Å². The third-order valence-electron chi connectivity index (χ3n) is 3.59. The van der Waals surface area contributed by atoms with E-state index in [1.807, 2.05) is 36.4 Å². The van der Waals surface area contributed by atoms with Crippen LogP contribution in [0.5, 0.6) is 5.75 Å². The third kappa shape index (κ3) is 5.70. The number of nitrogen functional groups attached to an aromatic ring is 1. The average molecular weight is 352 g/mol. The molecule has 0 atom stereocenters. The van der Waals surface area contributed by atoms with Crippen LogP contribution in [0.1, 0.15) is 24.5 Å². The molecule has 0 unspecified atom stereocenters.